The molecule has 364 valence electrons. The van der Waals surface area contributed by atoms with Gasteiger partial charge in [0.2, 0.25) is 6.29 Å². The van der Waals surface area contributed by atoms with Gasteiger partial charge in [0, 0.05) is 53.8 Å². The number of benzene rings is 4. The number of ketones is 1. The van der Waals surface area contributed by atoms with Crippen molar-refractivity contribution in [3.05, 3.63) is 105 Å². The van der Waals surface area contributed by atoms with E-state index in [0.29, 0.717) is 47.2 Å². The number of aliphatic hydroxyl groups excluding tert-OH is 2. The summed E-state index contributed by atoms with van der Waals surface area (Å²) in [4.78, 5) is 34.2. The number of methoxy groups -OCH3 is 1. The van der Waals surface area contributed by atoms with E-state index in [2.05, 4.69) is 40.5 Å². The van der Waals surface area contributed by atoms with E-state index in [0.717, 1.165) is 70.0 Å². The molecule has 4 aliphatic heterocycles. The summed E-state index contributed by atoms with van der Waals surface area (Å²) in [5.41, 5.74) is 4.52. The first-order valence-corrected chi connectivity index (χ1v) is 25.1. The van der Waals surface area contributed by atoms with Crippen molar-refractivity contribution in [2.24, 2.45) is 5.92 Å². The monoisotopic (exact) mass is 949 g/mol. The molecule has 5 aromatic rings. The molecule has 1 saturated heterocycles. The molecule has 12 rings (SSSR count). The molecule has 8 atom stereocenters. The van der Waals surface area contributed by atoms with Crippen LogP contribution in [0.3, 0.4) is 0 Å². The summed E-state index contributed by atoms with van der Waals surface area (Å²) < 4.78 is 32.5. The Morgan fingerprint density at radius 3 is 2.71 bits per heavy atom. The third kappa shape index (κ3) is 7.47. The number of aryl methyl sites for hydroxylation is 1. The highest BCUT2D eigenvalue weighted by Crippen LogP contribution is 2.56. The third-order valence-corrected chi connectivity index (χ3v) is 16.5. The van der Waals surface area contributed by atoms with Crippen molar-refractivity contribution >= 4 is 39.4 Å². The normalized spacial score (nSPS) is 28.5. The summed E-state index contributed by atoms with van der Waals surface area (Å²) in [7, 11) is 1.55. The molecular formula is C56H59N3O11. The summed E-state index contributed by atoms with van der Waals surface area (Å²) in [6.45, 7) is -0.595. The van der Waals surface area contributed by atoms with Gasteiger partial charge in [-0.15, -0.1) is 0 Å². The van der Waals surface area contributed by atoms with Gasteiger partial charge in [-0.1, -0.05) is 55.9 Å². The van der Waals surface area contributed by atoms with Crippen molar-refractivity contribution in [2.45, 2.75) is 132 Å². The molecule has 0 radical (unpaired) electrons. The molecule has 4 aromatic carbocycles. The quantitative estimate of drug-likeness (QED) is 0.0958. The Morgan fingerprint density at radius 2 is 1.87 bits per heavy atom. The number of phenols is 1. The summed E-state index contributed by atoms with van der Waals surface area (Å²) in [6, 6.07) is 14.1. The zero-order valence-electron chi connectivity index (χ0n) is 39.3. The number of nitrogens with one attached hydrogen (secondary N) is 2. The van der Waals surface area contributed by atoms with Crippen molar-refractivity contribution in [3.63, 3.8) is 0 Å². The Labute approximate surface area is 405 Å². The maximum absolute atomic E-state index is 15.2. The molecular weight excluding hydrogens is 891 g/mol. The van der Waals surface area contributed by atoms with Crippen molar-refractivity contribution in [1.29, 1.82) is 0 Å². The molecule has 14 heteroatoms. The van der Waals surface area contributed by atoms with Crippen LogP contribution in [0.15, 0.2) is 54.7 Å². The molecule has 5 heterocycles. The second kappa shape index (κ2) is 18.0. The fraction of sp³-hybridized carbons (Fsp3) is 0.464. The average Bonchev–Trinajstić information content (AvgIpc) is 4.11. The molecule has 70 heavy (non-hydrogen) atoms. The van der Waals surface area contributed by atoms with Crippen molar-refractivity contribution in [2.75, 3.05) is 26.9 Å². The number of aromatic nitrogens is 1. The first kappa shape index (κ1) is 45.2. The number of fused-ring (bicyclic) bond motifs is 10. The number of amides is 1. The first-order chi connectivity index (χ1) is 34.1. The van der Waals surface area contributed by atoms with Gasteiger partial charge in [-0.2, -0.15) is 0 Å². The smallest absolute Gasteiger partial charge is 0.254 e. The number of carbonyl (C=O) groups excluding carboxylic acids is 2. The topological polar surface area (TPSA) is 192 Å². The van der Waals surface area contributed by atoms with Crippen LogP contribution in [-0.2, 0) is 40.1 Å². The lowest BCUT2D eigenvalue weighted by Crippen LogP contribution is -2.70. The number of H-pyrrole nitrogens is 1. The Kier molecular flexibility index (Phi) is 11.7. The molecule has 1 amide bonds. The number of aliphatic hydroxyl groups is 3. The maximum atomic E-state index is 15.2. The van der Waals surface area contributed by atoms with E-state index in [-0.39, 0.29) is 60.4 Å². The van der Waals surface area contributed by atoms with Crippen LogP contribution in [0.4, 0.5) is 0 Å². The number of ether oxygens (including phenoxy) is 5. The molecule has 2 saturated carbocycles. The van der Waals surface area contributed by atoms with E-state index in [1.165, 1.54) is 37.0 Å². The highest BCUT2D eigenvalue weighted by molar-refractivity contribution is 6.13. The molecule has 3 fully saturated rings. The SMILES string of the molecule is COc1cc2c3c(c4c(O)c2c2c1C=CC(c1c[nH]c5ccc(CNC6CCCCC6)cc15)OCC1OC(O2)C(O)(CO)C(OC#CCc2cccc5c2CN(CC4=O)C5=O)C1O)C1CCCC1CC3. The van der Waals surface area contributed by atoms with Gasteiger partial charge in [-0.05, 0) is 114 Å². The predicted molar refractivity (Wildman–Crippen MR) is 260 cm³/mol. The summed E-state index contributed by atoms with van der Waals surface area (Å²) in [5, 5.41) is 54.5. The van der Waals surface area contributed by atoms with Crippen LogP contribution >= 0.6 is 0 Å². The summed E-state index contributed by atoms with van der Waals surface area (Å²) in [5.74, 6) is 2.70. The predicted octanol–water partition coefficient (Wildman–Crippen LogP) is 7.00. The van der Waals surface area contributed by atoms with E-state index in [9.17, 15) is 25.2 Å². The largest absolute Gasteiger partial charge is 0.506 e. The van der Waals surface area contributed by atoms with Crippen LogP contribution in [0.1, 0.15) is 129 Å². The number of carbonyl (C=O) groups is 2. The fourth-order valence-corrected chi connectivity index (χ4v) is 12.8. The van der Waals surface area contributed by atoms with Gasteiger partial charge in [-0.25, -0.2) is 0 Å². The van der Waals surface area contributed by atoms with Gasteiger partial charge < -0.3 is 59.3 Å². The van der Waals surface area contributed by atoms with Crippen LogP contribution in [-0.4, -0.2) is 105 Å². The van der Waals surface area contributed by atoms with Crippen molar-refractivity contribution < 1.29 is 53.7 Å². The van der Waals surface area contributed by atoms with E-state index in [1.54, 1.807) is 25.3 Å². The second-order valence-electron chi connectivity index (χ2n) is 20.4. The number of hydrogen-bond acceptors (Lipinski definition) is 12. The minimum Gasteiger partial charge on any atom is -0.506 e. The molecule has 6 N–H and O–H groups in total. The Balaban J connectivity index is 1.07. The maximum Gasteiger partial charge on any atom is 0.254 e. The van der Waals surface area contributed by atoms with Gasteiger partial charge in [0.05, 0.1) is 43.4 Å². The second-order valence-corrected chi connectivity index (χ2v) is 20.4. The van der Waals surface area contributed by atoms with Gasteiger partial charge in [0.15, 0.2) is 17.5 Å². The average molecular weight is 950 g/mol. The summed E-state index contributed by atoms with van der Waals surface area (Å²) >= 11 is 0. The number of Topliss-reactive ketones (excluding diaryl/α,β-unsaturated/α-hetero) is 1. The molecule has 3 aliphatic carbocycles. The van der Waals surface area contributed by atoms with Gasteiger partial charge in [0.1, 0.15) is 41.7 Å². The van der Waals surface area contributed by atoms with E-state index in [1.807, 2.05) is 24.4 Å². The number of aromatic amines is 1. The van der Waals surface area contributed by atoms with Crippen LogP contribution in [0, 0.1) is 17.9 Å². The number of aromatic hydroxyl groups is 1. The van der Waals surface area contributed by atoms with Crippen LogP contribution in [0.25, 0.3) is 27.8 Å². The Bertz CT molecular complexity index is 3020. The lowest BCUT2D eigenvalue weighted by molar-refractivity contribution is -0.328. The van der Waals surface area contributed by atoms with E-state index >= 15 is 4.79 Å². The van der Waals surface area contributed by atoms with Crippen molar-refractivity contribution in [3.8, 4) is 29.3 Å². The minimum atomic E-state index is -2.45. The molecule has 8 bridgehead atoms. The van der Waals surface area contributed by atoms with E-state index in [4.69, 9.17) is 23.7 Å². The number of phenolic OH excluding ortho intramolecular Hbond substituents is 1. The zero-order chi connectivity index (χ0) is 47.8. The highest BCUT2D eigenvalue weighted by Gasteiger charge is 2.59. The standard InChI is InChI=1S/C56H59N3O11/c1-66-45-23-39-35-17-16-32-9-5-13-34(32)47(35)49-43(61)27-59-26-41-31(8-6-14-36(41)54(59)64)10-7-21-67-53-50(62)46-28-68-44(20-18-37(45)52(48(39)51(49)63)70-55(69-46)56(53,65)29-60)40-25-58-42-19-15-30(22-38(40)42)24-57-33-11-3-2-4-12-33/h6,8,14-15,18-20,22-23,25,32-34,44,46,50,53,55,57-58,60,62-63,65H,2-5,9-13,16-17,24,26-29H2,1H3. The molecule has 8 unspecified atom stereocenters. The lowest BCUT2D eigenvalue weighted by Gasteiger charge is -2.47. The molecule has 1 aromatic heterocycles. The molecule has 14 nitrogen and oxygen atoms in total. The number of nitrogens with zero attached hydrogens (tertiary/aromatic N) is 1. The Hall–Kier alpha value is -5.92. The van der Waals surface area contributed by atoms with Gasteiger partial charge in [-0.3, -0.25) is 9.59 Å². The molecule has 7 aliphatic rings. The lowest BCUT2D eigenvalue weighted by atomic mass is 9.72. The van der Waals surface area contributed by atoms with Gasteiger partial charge >= 0.3 is 0 Å². The first-order valence-electron chi connectivity index (χ1n) is 25.1. The van der Waals surface area contributed by atoms with Gasteiger partial charge in [0.25, 0.3) is 5.91 Å². The van der Waals surface area contributed by atoms with Crippen LogP contribution in [0.2, 0.25) is 0 Å². The minimum absolute atomic E-state index is 0.00973. The van der Waals surface area contributed by atoms with Crippen molar-refractivity contribution in [1.82, 2.24) is 15.2 Å². The zero-order valence-corrected chi connectivity index (χ0v) is 39.3. The number of hydrogen-bond donors (Lipinski definition) is 6. The summed E-state index contributed by atoms with van der Waals surface area (Å²) in [6.07, 6.45) is 11.9. The van der Waals surface area contributed by atoms with Crippen LogP contribution in [0.5, 0.6) is 17.2 Å². The Morgan fingerprint density at radius 1 is 1.00 bits per heavy atom. The van der Waals surface area contributed by atoms with Crippen LogP contribution < -0.4 is 14.8 Å². The highest BCUT2D eigenvalue weighted by atomic mass is 16.7. The fourth-order valence-electron chi connectivity index (χ4n) is 12.8. The molecule has 0 spiro atoms. The number of rotatable bonds is 6. The third-order valence-electron chi connectivity index (χ3n) is 16.5. The van der Waals surface area contributed by atoms with E-state index < -0.39 is 48.7 Å².